The Balaban J connectivity index is 2.72. The number of H-pyrrole nitrogens is 1. The van der Waals surface area contributed by atoms with Gasteiger partial charge in [-0.05, 0) is 31.3 Å². The van der Waals surface area contributed by atoms with Crippen molar-refractivity contribution in [3.63, 3.8) is 0 Å². The molecule has 0 spiro atoms. The van der Waals surface area contributed by atoms with Crippen LogP contribution in [0.1, 0.15) is 13.0 Å². The van der Waals surface area contributed by atoms with E-state index in [4.69, 9.17) is 28.6 Å². The van der Waals surface area contributed by atoms with E-state index in [1.54, 1.807) is 17.6 Å². The number of hydrogen-bond acceptors (Lipinski definition) is 3. The number of fused-ring (bicyclic) bond motifs is 1. The maximum absolute atomic E-state index is 11.6. The fourth-order valence-electron chi connectivity index (χ4n) is 1.78. The summed E-state index contributed by atoms with van der Waals surface area (Å²) in [5, 5.41) is 0.547. The lowest BCUT2D eigenvalue weighted by atomic mass is 10.3. The largest absolute Gasteiger partial charge is 0.467 e. The SMILES string of the molecule is COC(=O)C(C)n1c(=S)[nH]c2cccc(Cl)c21. The van der Waals surface area contributed by atoms with Crippen LogP contribution >= 0.6 is 23.8 Å². The minimum Gasteiger partial charge on any atom is -0.467 e. The molecule has 90 valence electrons. The second kappa shape index (κ2) is 4.50. The Morgan fingerprint density at radius 3 is 2.94 bits per heavy atom. The van der Waals surface area contributed by atoms with Crippen molar-refractivity contribution in [2.45, 2.75) is 13.0 Å². The fourth-order valence-corrected chi connectivity index (χ4v) is 2.41. The Morgan fingerprint density at radius 1 is 1.59 bits per heavy atom. The summed E-state index contributed by atoms with van der Waals surface area (Å²) in [6.07, 6.45) is 0. The van der Waals surface area contributed by atoms with Crippen molar-refractivity contribution in [2.75, 3.05) is 7.11 Å². The monoisotopic (exact) mass is 270 g/mol. The quantitative estimate of drug-likeness (QED) is 0.674. The molecule has 1 aromatic carbocycles. The van der Waals surface area contributed by atoms with E-state index in [2.05, 4.69) is 4.98 Å². The first-order valence-electron chi connectivity index (χ1n) is 5.03. The highest BCUT2D eigenvalue weighted by molar-refractivity contribution is 7.71. The molecule has 0 aliphatic heterocycles. The summed E-state index contributed by atoms with van der Waals surface area (Å²) in [6, 6.07) is 4.93. The number of halogens is 1. The van der Waals surface area contributed by atoms with Crippen LogP contribution < -0.4 is 0 Å². The summed E-state index contributed by atoms with van der Waals surface area (Å²) >= 11 is 11.3. The molecule has 0 saturated carbocycles. The Bertz CT molecular complexity index is 632. The number of nitrogens with one attached hydrogen (secondary N) is 1. The van der Waals surface area contributed by atoms with Gasteiger partial charge in [0, 0.05) is 0 Å². The molecule has 0 bridgehead atoms. The lowest BCUT2D eigenvalue weighted by molar-refractivity contribution is -0.143. The van der Waals surface area contributed by atoms with Gasteiger partial charge in [0.05, 0.1) is 23.2 Å². The second-order valence-electron chi connectivity index (χ2n) is 3.64. The highest BCUT2D eigenvalue weighted by atomic mass is 35.5. The van der Waals surface area contributed by atoms with Crippen molar-refractivity contribution < 1.29 is 9.53 Å². The Hall–Kier alpha value is -1.33. The fraction of sp³-hybridized carbons (Fsp3) is 0.273. The molecule has 0 aliphatic rings. The molecule has 0 amide bonds. The number of imidazole rings is 1. The average molecular weight is 271 g/mol. The van der Waals surface area contributed by atoms with Gasteiger partial charge in [-0.15, -0.1) is 0 Å². The number of methoxy groups -OCH3 is 1. The molecular formula is C11H11ClN2O2S. The van der Waals surface area contributed by atoms with E-state index in [1.165, 1.54) is 7.11 Å². The summed E-state index contributed by atoms with van der Waals surface area (Å²) in [5.41, 5.74) is 1.52. The maximum Gasteiger partial charge on any atom is 0.328 e. The van der Waals surface area contributed by atoms with E-state index in [0.717, 1.165) is 11.0 Å². The maximum atomic E-state index is 11.6. The molecule has 1 aromatic heterocycles. The first-order valence-corrected chi connectivity index (χ1v) is 5.81. The smallest absolute Gasteiger partial charge is 0.328 e. The molecule has 0 radical (unpaired) electrons. The minimum atomic E-state index is -0.513. The van der Waals surface area contributed by atoms with Crippen LogP contribution in [-0.2, 0) is 9.53 Å². The van der Waals surface area contributed by atoms with Crippen molar-refractivity contribution in [3.8, 4) is 0 Å². The molecule has 1 N–H and O–H groups in total. The van der Waals surface area contributed by atoms with Gasteiger partial charge < -0.3 is 14.3 Å². The summed E-state index contributed by atoms with van der Waals surface area (Å²) in [5.74, 6) is -0.359. The molecule has 0 fully saturated rings. The minimum absolute atomic E-state index is 0.359. The van der Waals surface area contributed by atoms with E-state index in [-0.39, 0.29) is 5.97 Å². The molecule has 4 nitrogen and oxygen atoms in total. The third kappa shape index (κ3) is 1.96. The van der Waals surface area contributed by atoms with Crippen LogP contribution in [0.15, 0.2) is 18.2 Å². The predicted octanol–water partition coefficient (Wildman–Crippen LogP) is 3.09. The highest BCUT2D eigenvalue weighted by Gasteiger charge is 2.20. The summed E-state index contributed by atoms with van der Waals surface area (Å²) in [7, 11) is 1.35. The van der Waals surface area contributed by atoms with E-state index >= 15 is 0 Å². The molecule has 2 rings (SSSR count). The number of rotatable bonds is 2. The summed E-state index contributed by atoms with van der Waals surface area (Å²) < 4.78 is 6.83. The highest BCUT2D eigenvalue weighted by Crippen LogP contribution is 2.26. The zero-order chi connectivity index (χ0) is 12.6. The van der Waals surface area contributed by atoms with Crippen molar-refractivity contribution in [2.24, 2.45) is 0 Å². The van der Waals surface area contributed by atoms with Crippen LogP contribution in [0.3, 0.4) is 0 Å². The predicted molar refractivity (Wildman–Crippen MR) is 68.9 cm³/mol. The van der Waals surface area contributed by atoms with Crippen molar-refractivity contribution in [1.82, 2.24) is 9.55 Å². The lowest BCUT2D eigenvalue weighted by Gasteiger charge is -2.12. The van der Waals surface area contributed by atoms with E-state index in [9.17, 15) is 4.79 Å². The van der Waals surface area contributed by atoms with E-state index in [0.29, 0.717) is 9.79 Å². The van der Waals surface area contributed by atoms with Gasteiger partial charge in [-0.3, -0.25) is 0 Å². The Morgan fingerprint density at radius 2 is 2.29 bits per heavy atom. The standard InChI is InChI=1S/C11H11ClN2O2S/c1-6(10(15)16-2)14-9-7(12)4-3-5-8(9)13-11(14)17/h3-6H,1-2H3,(H,13,17). The van der Waals surface area contributed by atoms with Gasteiger partial charge in [0.15, 0.2) is 4.77 Å². The average Bonchev–Trinajstić information content (AvgIpc) is 2.65. The van der Waals surface area contributed by atoms with Gasteiger partial charge in [-0.1, -0.05) is 17.7 Å². The third-order valence-corrected chi connectivity index (χ3v) is 3.22. The number of aromatic amines is 1. The molecule has 0 saturated heterocycles. The van der Waals surface area contributed by atoms with E-state index in [1.807, 2.05) is 12.1 Å². The number of benzene rings is 1. The lowest BCUT2D eigenvalue weighted by Crippen LogP contribution is -2.17. The van der Waals surface area contributed by atoms with Crippen LogP contribution in [0.4, 0.5) is 0 Å². The number of hydrogen-bond donors (Lipinski definition) is 1. The number of nitrogens with zero attached hydrogens (tertiary/aromatic N) is 1. The van der Waals surface area contributed by atoms with Gasteiger partial charge in [-0.2, -0.15) is 0 Å². The summed E-state index contributed by atoms with van der Waals surface area (Å²) in [4.78, 5) is 14.6. The number of ether oxygens (including phenoxy) is 1. The van der Waals surface area contributed by atoms with Crippen molar-refractivity contribution in [1.29, 1.82) is 0 Å². The van der Waals surface area contributed by atoms with Crippen LogP contribution in [0.5, 0.6) is 0 Å². The van der Waals surface area contributed by atoms with Gasteiger partial charge in [0.1, 0.15) is 6.04 Å². The first-order chi connectivity index (χ1) is 8.06. The van der Waals surface area contributed by atoms with Crippen LogP contribution in [0.2, 0.25) is 5.02 Å². The number of aromatic nitrogens is 2. The Kier molecular flexibility index (Phi) is 3.22. The Labute approximate surface area is 108 Å². The van der Waals surface area contributed by atoms with Gasteiger partial charge in [0.2, 0.25) is 0 Å². The first kappa shape index (κ1) is 12.1. The molecule has 2 aromatic rings. The number of para-hydroxylation sites is 1. The molecule has 17 heavy (non-hydrogen) atoms. The normalized spacial score (nSPS) is 12.6. The zero-order valence-electron chi connectivity index (χ0n) is 9.36. The molecule has 1 unspecified atom stereocenters. The van der Waals surface area contributed by atoms with Crippen LogP contribution in [0, 0.1) is 4.77 Å². The number of carbonyl (C=O) groups excluding carboxylic acids is 1. The zero-order valence-corrected chi connectivity index (χ0v) is 10.9. The molecular weight excluding hydrogens is 260 g/mol. The molecule has 1 heterocycles. The van der Waals surface area contributed by atoms with Crippen molar-refractivity contribution in [3.05, 3.63) is 28.0 Å². The topological polar surface area (TPSA) is 47.0 Å². The summed E-state index contributed by atoms with van der Waals surface area (Å²) in [6.45, 7) is 1.72. The molecule has 6 heteroatoms. The number of carbonyl (C=O) groups is 1. The van der Waals surface area contributed by atoms with Crippen molar-refractivity contribution >= 4 is 40.8 Å². The van der Waals surface area contributed by atoms with Gasteiger partial charge in [-0.25, -0.2) is 4.79 Å². The molecule has 1 atom stereocenters. The number of esters is 1. The molecule has 0 aliphatic carbocycles. The third-order valence-electron chi connectivity index (χ3n) is 2.62. The van der Waals surface area contributed by atoms with Crippen LogP contribution in [-0.4, -0.2) is 22.6 Å². The van der Waals surface area contributed by atoms with Gasteiger partial charge >= 0.3 is 5.97 Å². The second-order valence-corrected chi connectivity index (χ2v) is 4.43. The van der Waals surface area contributed by atoms with Gasteiger partial charge in [0.25, 0.3) is 0 Å². The van der Waals surface area contributed by atoms with Crippen LogP contribution in [0.25, 0.3) is 11.0 Å². The van der Waals surface area contributed by atoms with E-state index < -0.39 is 6.04 Å².